The average molecular weight is 382 g/mol. The molecule has 26 heavy (non-hydrogen) atoms. The minimum atomic E-state index is -3.64. The number of piperidine rings is 1. The number of carboxylic acids is 1. The van der Waals surface area contributed by atoms with Crippen molar-refractivity contribution in [1.29, 1.82) is 0 Å². The zero-order chi connectivity index (χ0) is 19.5. The van der Waals surface area contributed by atoms with Crippen molar-refractivity contribution in [2.45, 2.75) is 38.5 Å². The van der Waals surface area contributed by atoms with Gasteiger partial charge in [-0.05, 0) is 45.7 Å². The van der Waals surface area contributed by atoms with E-state index in [1.165, 1.54) is 18.2 Å². The van der Waals surface area contributed by atoms with Crippen molar-refractivity contribution < 1.29 is 23.1 Å². The van der Waals surface area contributed by atoms with Crippen LogP contribution in [0.25, 0.3) is 0 Å². The molecule has 1 fully saturated rings. The largest absolute Gasteiger partial charge is 0.481 e. The maximum absolute atomic E-state index is 12.8. The fraction of sp³-hybridized carbons (Fsp3) is 0.556. The van der Waals surface area contributed by atoms with E-state index in [0.717, 1.165) is 5.56 Å². The fourth-order valence-electron chi connectivity index (χ4n) is 2.76. The Bertz CT molecular complexity index is 771. The summed E-state index contributed by atoms with van der Waals surface area (Å²) in [5.74, 6) is -1.78. The molecule has 1 unspecified atom stereocenters. The second-order valence-corrected chi connectivity index (χ2v) is 9.36. The van der Waals surface area contributed by atoms with Crippen LogP contribution in [0, 0.1) is 18.3 Å². The second kappa shape index (κ2) is 7.75. The Hall–Kier alpha value is -1.93. The summed E-state index contributed by atoms with van der Waals surface area (Å²) in [5, 5.41) is 11.8. The van der Waals surface area contributed by atoms with Gasteiger partial charge < -0.3 is 10.4 Å². The van der Waals surface area contributed by atoms with Crippen molar-refractivity contribution >= 4 is 21.9 Å². The summed E-state index contributed by atoms with van der Waals surface area (Å²) >= 11 is 0. The van der Waals surface area contributed by atoms with Crippen LogP contribution in [0.4, 0.5) is 0 Å². The van der Waals surface area contributed by atoms with E-state index in [0.29, 0.717) is 19.4 Å². The second-order valence-electron chi connectivity index (χ2n) is 7.42. The Morgan fingerprint density at radius 3 is 2.46 bits per heavy atom. The van der Waals surface area contributed by atoms with Crippen LogP contribution >= 0.6 is 0 Å². The van der Waals surface area contributed by atoms with Gasteiger partial charge in [-0.15, -0.1) is 0 Å². The van der Waals surface area contributed by atoms with Crippen LogP contribution in [0.2, 0.25) is 0 Å². The third-order valence-corrected chi connectivity index (χ3v) is 6.58. The smallest absolute Gasteiger partial charge is 0.310 e. The molecule has 0 bridgehead atoms. The van der Waals surface area contributed by atoms with Crippen LogP contribution in [0.3, 0.4) is 0 Å². The molecular weight excluding hydrogens is 356 g/mol. The van der Waals surface area contributed by atoms with E-state index in [-0.39, 0.29) is 23.9 Å². The third kappa shape index (κ3) is 4.62. The van der Waals surface area contributed by atoms with E-state index >= 15 is 0 Å². The molecule has 0 aliphatic carbocycles. The molecule has 144 valence electrons. The standard InChI is InChI=1S/C18H26N2O5S/c1-13-6-8-15(9-7-13)26(24,25)20-10-4-5-14(11-20)16(21)19-12-18(2,3)17(22)23/h6-9,14H,4-5,10-12H2,1-3H3,(H,19,21)(H,22,23). The number of nitrogens with zero attached hydrogens (tertiary/aromatic N) is 1. The summed E-state index contributed by atoms with van der Waals surface area (Å²) in [6.07, 6.45) is 1.17. The van der Waals surface area contributed by atoms with Gasteiger partial charge in [-0.25, -0.2) is 8.42 Å². The molecular formula is C18H26N2O5S. The first-order valence-electron chi connectivity index (χ1n) is 8.62. The molecule has 1 atom stereocenters. The lowest BCUT2D eigenvalue weighted by Gasteiger charge is -2.32. The van der Waals surface area contributed by atoms with Gasteiger partial charge in [0.15, 0.2) is 0 Å². The summed E-state index contributed by atoms with van der Waals surface area (Å²) in [6, 6.07) is 6.64. The van der Waals surface area contributed by atoms with Gasteiger partial charge in [0.2, 0.25) is 15.9 Å². The highest BCUT2D eigenvalue weighted by Crippen LogP contribution is 2.24. The summed E-state index contributed by atoms with van der Waals surface area (Å²) in [4.78, 5) is 23.7. The van der Waals surface area contributed by atoms with E-state index in [4.69, 9.17) is 5.11 Å². The number of hydrogen-bond acceptors (Lipinski definition) is 4. The third-order valence-electron chi connectivity index (χ3n) is 4.70. The van der Waals surface area contributed by atoms with Crippen molar-refractivity contribution in [2.24, 2.45) is 11.3 Å². The van der Waals surface area contributed by atoms with E-state index in [2.05, 4.69) is 5.32 Å². The van der Waals surface area contributed by atoms with Gasteiger partial charge in [-0.2, -0.15) is 4.31 Å². The normalized spacial score (nSPS) is 19.1. The van der Waals surface area contributed by atoms with Gasteiger partial charge in [-0.3, -0.25) is 9.59 Å². The topological polar surface area (TPSA) is 104 Å². The molecule has 1 aliphatic rings. The first-order chi connectivity index (χ1) is 12.0. The molecule has 0 aromatic heterocycles. The first kappa shape index (κ1) is 20.4. The van der Waals surface area contributed by atoms with Crippen LogP contribution in [0.1, 0.15) is 32.3 Å². The minimum Gasteiger partial charge on any atom is -0.481 e. The highest BCUT2D eigenvalue weighted by atomic mass is 32.2. The first-order valence-corrected chi connectivity index (χ1v) is 10.1. The zero-order valence-electron chi connectivity index (χ0n) is 15.4. The van der Waals surface area contributed by atoms with E-state index in [1.807, 2.05) is 6.92 Å². The van der Waals surface area contributed by atoms with Gasteiger partial charge in [0.1, 0.15) is 0 Å². The molecule has 1 amide bonds. The van der Waals surface area contributed by atoms with E-state index < -0.39 is 27.3 Å². The van der Waals surface area contributed by atoms with Gasteiger partial charge in [0.05, 0.1) is 16.2 Å². The van der Waals surface area contributed by atoms with Gasteiger partial charge in [0.25, 0.3) is 0 Å². The summed E-state index contributed by atoms with van der Waals surface area (Å²) < 4.78 is 26.9. The Labute approximate surface area is 154 Å². The fourth-order valence-corrected chi connectivity index (χ4v) is 4.29. The molecule has 1 aliphatic heterocycles. The number of benzene rings is 1. The number of nitrogens with one attached hydrogen (secondary N) is 1. The Morgan fingerprint density at radius 1 is 1.27 bits per heavy atom. The highest BCUT2D eigenvalue weighted by molar-refractivity contribution is 7.89. The molecule has 1 saturated heterocycles. The van der Waals surface area contributed by atoms with Crippen LogP contribution in [0.15, 0.2) is 29.2 Å². The van der Waals surface area contributed by atoms with Crippen molar-refractivity contribution in [2.75, 3.05) is 19.6 Å². The van der Waals surface area contributed by atoms with Gasteiger partial charge in [0, 0.05) is 19.6 Å². The predicted octanol–water partition coefficient (Wildman–Crippen LogP) is 1.62. The van der Waals surface area contributed by atoms with Gasteiger partial charge in [-0.1, -0.05) is 17.7 Å². The number of aryl methyl sites for hydroxylation is 1. The van der Waals surface area contributed by atoms with Crippen LogP contribution in [-0.4, -0.2) is 49.3 Å². The maximum Gasteiger partial charge on any atom is 0.310 e. The molecule has 2 rings (SSSR count). The summed E-state index contributed by atoms with van der Waals surface area (Å²) in [7, 11) is -3.64. The number of aliphatic carboxylic acids is 1. The molecule has 0 saturated carbocycles. The lowest BCUT2D eigenvalue weighted by Crippen LogP contribution is -2.47. The SMILES string of the molecule is Cc1ccc(S(=O)(=O)N2CCCC(C(=O)NCC(C)(C)C(=O)O)C2)cc1. The van der Waals surface area contributed by atoms with Crippen LogP contribution < -0.4 is 5.32 Å². The Balaban J connectivity index is 2.05. The maximum atomic E-state index is 12.8. The number of rotatable bonds is 6. The Morgan fingerprint density at radius 2 is 1.88 bits per heavy atom. The number of carboxylic acid groups (broad SMARTS) is 1. The number of sulfonamides is 1. The number of hydrogen-bond donors (Lipinski definition) is 2. The molecule has 0 radical (unpaired) electrons. The quantitative estimate of drug-likeness (QED) is 0.778. The number of carbonyl (C=O) groups is 2. The van der Waals surface area contributed by atoms with Crippen LogP contribution in [0.5, 0.6) is 0 Å². The molecule has 1 heterocycles. The van der Waals surface area contributed by atoms with Crippen molar-refractivity contribution in [3.8, 4) is 0 Å². The number of amides is 1. The molecule has 0 spiro atoms. The molecule has 1 aromatic carbocycles. The summed E-state index contributed by atoms with van der Waals surface area (Å²) in [6.45, 7) is 5.43. The monoisotopic (exact) mass is 382 g/mol. The van der Waals surface area contributed by atoms with Crippen molar-refractivity contribution in [1.82, 2.24) is 9.62 Å². The molecule has 2 N–H and O–H groups in total. The lowest BCUT2D eigenvalue weighted by molar-refractivity contribution is -0.146. The van der Waals surface area contributed by atoms with Crippen molar-refractivity contribution in [3.05, 3.63) is 29.8 Å². The predicted molar refractivity (Wildman–Crippen MR) is 97.1 cm³/mol. The van der Waals surface area contributed by atoms with Gasteiger partial charge >= 0.3 is 5.97 Å². The molecule has 1 aromatic rings. The Kier molecular flexibility index (Phi) is 6.08. The number of carbonyl (C=O) groups excluding carboxylic acids is 1. The van der Waals surface area contributed by atoms with Crippen LogP contribution in [-0.2, 0) is 19.6 Å². The lowest BCUT2D eigenvalue weighted by atomic mass is 9.93. The summed E-state index contributed by atoms with van der Waals surface area (Å²) in [5.41, 5.74) is -0.0984. The van der Waals surface area contributed by atoms with E-state index in [9.17, 15) is 18.0 Å². The average Bonchev–Trinajstić information content (AvgIpc) is 2.60. The molecule has 8 heteroatoms. The van der Waals surface area contributed by atoms with Crippen molar-refractivity contribution in [3.63, 3.8) is 0 Å². The zero-order valence-corrected chi connectivity index (χ0v) is 16.2. The van der Waals surface area contributed by atoms with E-state index in [1.54, 1.807) is 24.3 Å². The highest BCUT2D eigenvalue weighted by Gasteiger charge is 2.34. The molecule has 7 nitrogen and oxygen atoms in total. The minimum absolute atomic E-state index is 0.00236.